The summed E-state index contributed by atoms with van der Waals surface area (Å²) in [6, 6.07) is 0. The number of unbranched alkanes of at least 4 members (excludes halogenated alkanes) is 8. The topological polar surface area (TPSA) is 113 Å². The maximum absolute atomic E-state index is 9.92. The van der Waals surface area contributed by atoms with Crippen LogP contribution < -0.4 is 15.5 Å². The molecule has 7 heteroatoms. The minimum Gasteiger partial charge on any atom is -0.550 e. The minimum absolute atomic E-state index is 0. The van der Waals surface area contributed by atoms with E-state index < -0.39 is 11.9 Å². The van der Waals surface area contributed by atoms with E-state index >= 15 is 0 Å². The number of rotatable bonds is 14. The molecule has 0 aromatic heterocycles. The molecular weight excluding hydrogens is 377 g/mol. The smallest absolute Gasteiger partial charge is 0.550 e. The van der Waals surface area contributed by atoms with E-state index in [1.807, 2.05) is 0 Å². The maximum atomic E-state index is 9.92. The van der Waals surface area contributed by atoms with E-state index in [1.165, 1.54) is 25.7 Å². The molecule has 0 aromatic carbocycles. The molecule has 26 heavy (non-hydrogen) atoms. The third-order valence-corrected chi connectivity index (χ3v) is 3.33. The molecule has 0 unspecified atom stereocenters. The number of carbonyl (C=O) groups is 2. The molecule has 0 saturated heterocycles. The molecule has 0 atom stereocenters. The molecule has 0 bridgehead atoms. The summed E-state index contributed by atoms with van der Waals surface area (Å²) < 4.78 is 0. The second-order valence-electron chi connectivity index (χ2n) is 5.90. The zero-order valence-electron chi connectivity index (χ0n) is 16.9. The molecule has 0 saturated carbocycles. The third kappa shape index (κ3) is 49.5. The number of carboxylic acids is 2. The van der Waals surface area contributed by atoms with E-state index in [4.69, 9.17) is 5.11 Å². The van der Waals surface area contributed by atoms with Gasteiger partial charge >= 0.3 is 17.1 Å². The summed E-state index contributed by atoms with van der Waals surface area (Å²) in [6.45, 7) is 5.20. The maximum Gasteiger partial charge on any atom is 2.00 e. The number of likely N-dealkylation sites (N-methyl/N-ethyl adjacent to an activating group) is 1. The van der Waals surface area contributed by atoms with E-state index in [0.717, 1.165) is 38.5 Å². The number of carboxylic acid groups (broad SMARTS) is 2. The Balaban J connectivity index is -0.000000145. The first kappa shape index (κ1) is 33.0. The van der Waals surface area contributed by atoms with Gasteiger partial charge in [0, 0.05) is 18.5 Å². The van der Waals surface area contributed by atoms with Crippen molar-refractivity contribution >= 4 is 11.9 Å². The Kier molecular flexibility index (Phi) is 40.7. The van der Waals surface area contributed by atoms with Gasteiger partial charge in [-0.2, -0.15) is 0 Å². The molecule has 0 aromatic rings. The average molecular weight is 416 g/mol. The summed E-state index contributed by atoms with van der Waals surface area (Å²) in [6.07, 6.45) is 11.2. The van der Waals surface area contributed by atoms with Crippen LogP contribution in [0.2, 0.25) is 0 Å². The molecule has 0 amide bonds. The van der Waals surface area contributed by atoms with Gasteiger partial charge in [0.05, 0.1) is 6.61 Å². The summed E-state index contributed by atoms with van der Waals surface area (Å²) in [5.41, 5.74) is 0. The third-order valence-electron chi connectivity index (χ3n) is 3.33. The summed E-state index contributed by atoms with van der Waals surface area (Å²) >= 11 is 0. The van der Waals surface area contributed by atoms with Crippen molar-refractivity contribution < 1.29 is 42.0 Å². The van der Waals surface area contributed by atoms with Crippen LogP contribution in [-0.2, 0) is 26.7 Å². The van der Waals surface area contributed by atoms with Gasteiger partial charge in [-0.3, -0.25) is 0 Å². The van der Waals surface area contributed by atoms with Crippen molar-refractivity contribution in [3.05, 3.63) is 0 Å². The molecule has 0 heterocycles. The Morgan fingerprint density at radius 3 is 1.31 bits per heavy atom. The van der Waals surface area contributed by atoms with Gasteiger partial charge in [-0.1, -0.05) is 65.2 Å². The van der Waals surface area contributed by atoms with Gasteiger partial charge in [0.1, 0.15) is 0 Å². The molecule has 0 aliphatic rings. The normalized spacial score (nSPS) is 9.08. The van der Waals surface area contributed by atoms with Gasteiger partial charge in [-0.15, -0.1) is 0 Å². The van der Waals surface area contributed by atoms with Gasteiger partial charge < -0.3 is 30.2 Å². The van der Waals surface area contributed by atoms with Gasteiger partial charge in [0.25, 0.3) is 0 Å². The molecule has 1 radical (unpaired) electrons. The van der Waals surface area contributed by atoms with E-state index in [-0.39, 0.29) is 36.5 Å². The Hall–Kier alpha value is -0.621. The van der Waals surface area contributed by atoms with Crippen molar-refractivity contribution in [1.29, 1.82) is 0 Å². The van der Waals surface area contributed by atoms with Crippen molar-refractivity contribution in [3.8, 4) is 0 Å². The number of nitrogens with one attached hydrogen (secondary N) is 1. The molecule has 2 N–H and O–H groups in total. The molecule has 0 spiro atoms. The Bertz CT molecular complexity index is 253. The van der Waals surface area contributed by atoms with Crippen molar-refractivity contribution in [3.63, 3.8) is 0 Å². The van der Waals surface area contributed by atoms with Gasteiger partial charge in [-0.05, 0) is 32.7 Å². The van der Waals surface area contributed by atoms with Crippen LogP contribution in [0.3, 0.4) is 0 Å². The molecule has 0 rings (SSSR count). The zero-order chi connectivity index (χ0) is 19.8. The summed E-state index contributed by atoms with van der Waals surface area (Å²) in [4.78, 5) is 19.8. The van der Waals surface area contributed by atoms with E-state index in [1.54, 1.807) is 7.05 Å². The summed E-state index contributed by atoms with van der Waals surface area (Å²) in [7, 11) is 1.80. The van der Waals surface area contributed by atoms with Crippen LogP contribution in [0.1, 0.15) is 90.9 Å². The van der Waals surface area contributed by atoms with Gasteiger partial charge in [0.2, 0.25) is 0 Å². The quantitative estimate of drug-likeness (QED) is 0.327. The molecular formula is C19H39MnNO5. The van der Waals surface area contributed by atoms with Crippen LogP contribution in [0.25, 0.3) is 0 Å². The van der Waals surface area contributed by atoms with E-state index in [2.05, 4.69) is 19.2 Å². The van der Waals surface area contributed by atoms with Gasteiger partial charge in [0.15, 0.2) is 0 Å². The summed E-state index contributed by atoms with van der Waals surface area (Å²) in [5, 5.41) is 30.6. The zero-order valence-corrected chi connectivity index (χ0v) is 18.0. The van der Waals surface area contributed by atoms with E-state index in [0.29, 0.717) is 6.54 Å². The van der Waals surface area contributed by atoms with Crippen LogP contribution in [0.4, 0.5) is 0 Å². The van der Waals surface area contributed by atoms with Crippen molar-refractivity contribution in [2.75, 3.05) is 20.2 Å². The molecule has 0 aliphatic carbocycles. The minimum atomic E-state index is -0.920. The predicted molar refractivity (Wildman–Crippen MR) is 97.8 cm³/mol. The first-order valence-corrected chi connectivity index (χ1v) is 9.61. The van der Waals surface area contributed by atoms with Crippen molar-refractivity contribution in [2.24, 2.45) is 0 Å². The Morgan fingerprint density at radius 2 is 1.12 bits per heavy atom. The fourth-order valence-corrected chi connectivity index (χ4v) is 1.86. The predicted octanol–water partition coefficient (Wildman–Crippen LogP) is 1.39. The first-order chi connectivity index (χ1) is 12.0. The number of aliphatic hydroxyl groups is 1. The van der Waals surface area contributed by atoms with Crippen LogP contribution in [0, 0.1) is 0 Å². The fourth-order valence-electron chi connectivity index (χ4n) is 1.86. The SMILES string of the molecule is CCCCCCCC(=O)[O-].CCCCCCCC(=O)[O-].CNCCO.[Mn+2]. The Labute approximate surface area is 170 Å². The molecule has 0 aliphatic heterocycles. The fraction of sp³-hybridized carbons (Fsp3) is 0.895. The van der Waals surface area contributed by atoms with Crippen LogP contribution >= 0.6 is 0 Å². The van der Waals surface area contributed by atoms with Crippen LogP contribution in [-0.4, -0.2) is 37.2 Å². The van der Waals surface area contributed by atoms with Gasteiger partial charge in [-0.25, -0.2) is 0 Å². The second kappa shape index (κ2) is 32.1. The first-order valence-electron chi connectivity index (χ1n) is 9.61. The molecule has 6 nitrogen and oxygen atoms in total. The number of hydrogen-bond acceptors (Lipinski definition) is 6. The number of carbonyl (C=O) groups excluding carboxylic acids is 2. The largest absolute Gasteiger partial charge is 2.00 e. The van der Waals surface area contributed by atoms with Crippen LogP contribution in [0.15, 0.2) is 0 Å². The summed E-state index contributed by atoms with van der Waals surface area (Å²) in [5.74, 6) is -1.84. The number of hydrogen-bond donors (Lipinski definition) is 2. The standard InChI is InChI=1S/2C8H16O2.C3H9NO.Mn/c2*1-2-3-4-5-6-7-8(9)10;1-4-2-3-5;/h2*2-7H2,1H3,(H,9,10);4-5H,2-3H2,1H3;/q;;;+2/p-2. The van der Waals surface area contributed by atoms with Crippen molar-refractivity contribution in [2.45, 2.75) is 90.9 Å². The monoisotopic (exact) mass is 416 g/mol. The molecule has 0 fully saturated rings. The Morgan fingerprint density at radius 1 is 0.769 bits per heavy atom. The van der Waals surface area contributed by atoms with Crippen molar-refractivity contribution in [1.82, 2.24) is 5.32 Å². The van der Waals surface area contributed by atoms with E-state index in [9.17, 15) is 19.8 Å². The molecule has 157 valence electrons. The van der Waals surface area contributed by atoms with Crippen LogP contribution in [0.5, 0.6) is 0 Å². The average Bonchev–Trinajstić information content (AvgIpc) is 2.56. The number of aliphatic hydroxyl groups excluding tert-OH is 1. The number of aliphatic carboxylic acids is 2. The second-order valence-corrected chi connectivity index (χ2v) is 5.90.